The first-order chi connectivity index (χ1) is 10.4. The Kier molecular flexibility index (Phi) is 7.24. The summed E-state index contributed by atoms with van der Waals surface area (Å²) in [6.07, 6.45) is -0.0824. The van der Waals surface area contributed by atoms with Gasteiger partial charge in [0.25, 0.3) is 5.91 Å². The minimum absolute atomic E-state index is 0.0245. The van der Waals surface area contributed by atoms with E-state index in [9.17, 15) is 19.2 Å². The molecule has 0 bridgehead atoms. The highest BCUT2D eigenvalue weighted by Crippen LogP contribution is 2.17. The monoisotopic (exact) mass is 326 g/mol. The lowest BCUT2D eigenvalue weighted by Gasteiger charge is -2.05. The van der Waals surface area contributed by atoms with Gasteiger partial charge in [-0.3, -0.25) is 19.7 Å². The van der Waals surface area contributed by atoms with Gasteiger partial charge in [0.1, 0.15) is 0 Å². The van der Waals surface area contributed by atoms with Gasteiger partial charge in [0.05, 0.1) is 11.3 Å². The molecule has 0 saturated heterocycles. The van der Waals surface area contributed by atoms with Gasteiger partial charge in [-0.05, 0) is 26.0 Å². The van der Waals surface area contributed by atoms with Crippen LogP contribution < -0.4 is 10.6 Å². The largest absolute Gasteiger partial charge is 0.456 e. The molecule has 0 aromatic carbocycles. The normalized spacial score (nSPS) is 9.91. The molecule has 0 spiro atoms. The van der Waals surface area contributed by atoms with E-state index in [-0.39, 0.29) is 18.6 Å². The van der Waals surface area contributed by atoms with Gasteiger partial charge in [0, 0.05) is 17.8 Å². The molecule has 8 heteroatoms. The number of aryl methyl sites for hydroxylation is 1. The third-order valence-corrected chi connectivity index (χ3v) is 3.57. The molecule has 120 valence electrons. The summed E-state index contributed by atoms with van der Waals surface area (Å²) in [6.45, 7) is 3.42. The fraction of sp³-hybridized carbons (Fsp3) is 0.429. The minimum Gasteiger partial charge on any atom is -0.456 e. The summed E-state index contributed by atoms with van der Waals surface area (Å²) < 4.78 is 4.69. The van der Waals surface area contributed by atoms with Crippen LogP contribution in [-0.4, -0.2) is 36.8 Å². The van der Waals surface area contributed by atoms with Gasteiger partial charge in [-0.15, -0.1) is 11.3 Å². The molecule has 3 amide bonds. The van der Waals surface area contributed by atoms with E-state index < -0.39 is 24.5 Å². The average molecular weight is 326 g/mol. The Morgan fingerprint density at radius 2 is 1.91 bits per heavy atom. The number of amides is 3. The number of thiophene rings is 1. The molecule has 22 heavy (non-hydrogen) atoms. The number of esters is 1. The molecule has 1 rings (SSSR count). The van der Waals surface area contributed by atoms with Crippen molar-refractivity contribution >= 4 is 35.0 Å². The summed E-state index contributed by atoms with van der Waals surface area (Å²) in [6, 6.07) is 2.90. The number of hydrogen-bond donors (Lipinski definition) is 2. The van der Waals surface area contributed by atoms with Crippen molar-refractivity contribution in [2.24, 2.45) is 0 Å². The second kappa shape index (κ2) is 8.93. The van der Waals surface area contributed by atoms with Crippen LogP contribution in [0.4, 0.5) is 4.79 Å². The number of urea groups is 1. The maximum Gasteiger partial charge on any atom is 0.321 e. The molecule has 7 nitrogen and oxygen atoms in total. The van der Waals surface area contributed by atoms with E-state index in [4.69, 9.17) is 4.74 Å². The molecular weight excluding hydrogens is 308 g/mol. The quantitative estimate of drug-likeness (QED) is 0.583. The van der Waals surface area contributed by atoms with Gasteiger partial charge >= 0.3 is 12.0 Å². The molecular formula is C14H18N2O5S. The first-order valence-corrected chi connectivity index (χ1v) is 7.57. The van der Waals surface area contributed by atoms with Crippen LogP contribution in [0.25, 0.3) is 0 Å². The van der Waals surface area contributed by atoms with Crippen molar-refractivity contribution in [3.8, 4) is 0 Å². The number of carbonyl (C=O) groups excluding carboxylic acids is 4. The summed E-state index contributed by atoms with van der Waals surface area (Å²) in [5.74, 6) is -1.52. The van der Waals surface area contributed by atoms with Crippen molar-refractivity contribution in [1.82, 2.24) is 10.6 Å². The van der Waals surface area contributed by atoms with Gasteiger partial charge in [0.2, 0.25) is 0 Å². The fourth-order valence-corrected chi connectivity index (χ4v) is 2.34. The zero-order chi connectivity index (χ0) is 16.5. The summed E-state index contributed by atoms with van der Waals surface area (Å²) in [7, 11) is 0. The maximum atomic E-state index is 11.8. The number of ketones is 1. The van der Waals surface area contributed by atoms with E-state index in [1.165, 1.54) is 11.3 Å². The molecule has 1 aromatic heterocycles. The first-order valence-electron chi connectivity index (χ1n) is 6.75. The van der Waals surface area contributed by atoms with Crippen molar-refractivity contribution in [2.75, 3.05) is 13.2 Å². The molecule has 0 saturated carbocycles. The lowest BCUT2D eigenvalue weighted by Crippen LogP contribution is -2.41. The average Bonchev–Trinajstić information content (AvgIpc) is 2.89. The predicted molar refractivity (Wildman–Crippen MR) is 80.8 cm³/mol. The molecule has 0 radical (unpaired) electrons. The number of ether oxygens (including phenoxy) is 1. The van der Waals surface area contributed by atoms with Crippen molar-refractivity contribution in [3.63, 3.8) is 0 Å². The summed E-state index contributed by atoms with van der Waals surface area (Å²) in [5.41, 5.74) is 0. The number of rotatable bonds is 7. The van der Waals surface area contributed by atoms with E-state index in [1.807, 2.05) is 18.3 Å². The van der Waals surface area contributed by atoms with Crippen LogP contribution in [0.1, 0.15) is 34.3 Å². The Bertz CT molecular complexity index is 567. The molecule has 0 aliphatic heterocycles. The third kappa shape index (κ3) is 6.49. The molecule has 2 N–H and O–H groups in total. The number of Topliss-reactive ketones (excluding diaryl/α,β-unsaturated/α-hetero) is 1. The Labute approximate surface area is 132 Å². The second-order valence-electron chi connectivity index (χ2n) is 4.40. The smallest absolute Gasteiger partial charge is 0.321 e. The van der Waals surface area contributed by atoms with Gasteiger partial charge < -0.3 is 10.1 Å². The van der Waals surface area contributed by atoms with E-state index in [1.54, 1.807) is 13.0 Å². The lowest BCUT2D eigenvalue weighted by atomic mass is 10.2. The summed E-state index contributed by atoms with van der Waals surface area (Å²) in [4.78, 5) is 47.2. The highest BCUT2D eigenvalue weighted by molar-refractivity contribution is 7.14. The molecule has 0 aliphatic rings. The van der Waals surface area contributed by atoms with Gasteiger partial charge in [0.15, 0.2) is 12.4 Å². The van der Waals surface area contributed by atoms with Crippen LogP contribution in [0.5, 0.6) is 0 Å². The first kappa shape index (κ1) is 17.8. The Morgan fingerprint density at radius 1 is 1.18 bits per heavy atom. The highest BCUT2D eigenvalue weighted by atomic mass is 32.1. The van der Waals surface area contributed by atoms with Crippen LogP contribution in [-0.2, 0) is 14.3 Å². The number of imide groups is 1. The molecule has 0 unspecified atom stereocenters. The number of nitrogens with one attached hydrogen (secondary N) is 2. The maximum absolute atomic E-state index is 11.8. The SMILES string of the molecule is CCNC(=O)NC(=O)COC(=O)CCC(=O)c1ccc(C)s1. The Balaban J connectivity index is 2.24. The molecule has 0 atom stereocenters. The zero-order valence-corrected chi connectivity index (χ0v) is 13.2. The summed E-state index contributed by atoms with van der Waals surface area (Å²) in [5, 5.41) is 4.37. The van der Waals surface area contributed by atoms with E-state index in [0.717, 1.165) is 4.88 Å². The van der Waals surface area contributed by atoms with E-state index in [2.05, 4.69) is 5.32 Å². The summed E-state index contributed by atoms with van der Waals surface area (Å²) >= 11 is 1.37. The molecule has 0 aliphatic carbocycles. The van der Waals surface area contributed by atoms with Crippen LogP contribution in [0, 0.1) is 6.92 Å². The van der Waals surface area contributed by atoms with Crippen molar-refractivity contribution in [3.05, 3.63) is 21.9 Å². The molecule has 1 heterocycles. The van der Waals surface area contributed by atoms with Gasteiger partial charge in [-0.2, -0.15) is 0 Å². The van der Waals surface area contributed by atoms with Crippen molar-refractivity contribution < 1.29 is 23.9 Å². The van der Waals surface area contributed by atoms with Crippen molar-refractivity contribution in [1.29, 1.82) is 0 Å². The number of hydrogen-bond acceptors (Lipinski definition) is 6. The standard InChI is InChI=1S/C14H18N2O5S/c1-3-15-14(20)16-12(18)8-21-13(19)7-5-10(17)11-6-4-9(2)22-11/h4,6H,3,5,7-8H2,1-2H3,(H2,15,16,18,20). The van der Waals surface area contributed by atoms with Crippen LogP contribution in [0.3, 0.4) is 0 Å². The fourth-order valence-electron chi connectivity index (χ4n) is 1.51. The second-order valence-corrected chi connectivity index (χ2v) is 5.69. The van der Waals surface area contributed by atoms with Gasteiger partial charge in [-0.1, -0.05) is 0 Å². The minimum atomic E-state index is -0.723. The Morgan fingerprint density at radius 3 is 2.50 bits per heavy atom. The third-order valence-electron chi connectivity index (χ3n) is 2.53. The molecule has 0 fully saturated rings. The van der Waals surface area contributed by atoms with E-state index >= 15 is 0 Å². The van der Waals surface area contributed by atoms with Crippen molar-refractivity contribution in [2.45, 2.75) is 26.7 Å². The van der Waals surface area contributed by atoms with Gasteiger partial charge in [-0.25, -0.2) is 4.79 Å². The highest BCUT2D eigenvalue weighted by Gasteiger charge is 2.14. The topological polar surface area (TPSA) is 102 Å². The van der Waals surface area contributed by atoms with E-state index in [0.29, 0.717) is 11.4 Å². The zero-order valence-electron chi connectivity index (χ0n) is 12.4. The Hall–Kier alpha value is -2.22. The predicted octanol–water partition coefficient (Wildman–Crippen LogP) is 1.41. The number of carbonyl (C=O) groups is 4. The van der Waals surface area contributed by atoms with Crippen LogP contribution in [0.2, 0.25) is 0 Å². The van der Waals surface area contributed by atoms with Crippen LogP contribution >= 0.6 is 11.3 Å². The molecule has 1 aromatic rings. The lowest BCUT2D eigenvalue weighted by molar-refractivity contribution is -0.148. The van der Waals surface area contributed by atoms with Crippen LogP contribution in [0.15, 0.2) is 12.1 Å².